The van der Waals surface area contributed by atoms with Gasteiger partial charge in [0, 0.05) is 31.5 Å². The zero-order valence-corrected chi connectivity index (χ0v) is 16.4. The van der Waals surface area contributed by atoms with Crippen molar-refractivity contribution in [3.05, 3.63) is 22.2 Å². The molecule has 0 aliphatic carbocycles. The fourth-order valence-corrected chi connectivity index (χ4v) is 2.35. The summed E-state index contributed by atoms with van der Waals surface area (Å²) < 4.78 is 1.01. The minimum atomic E-state index is -0.0578. The molecule has 21 heavy (non-hydrogen) atoms. The van der Waals surface area contributed by atoms with Crippen molar-refractivity contribution >= 4 is 58.0 Å². The molecule has 0 aromatic heterocycles. The number of benzene rings is 1. The number of rotatable bonds is 4. The lowest BCUT2D eigenvalue weighted by Gasteiger charge is -2.27. The first-order valence-corrected chi connectivity index (χ1v) is 6.98. The molecule has 0 heterocycles. The molecule has 0 aliphatic rings. The van der Waals surface area contributed by atoms with Gasteiger partial charge in [0.25, 0.3) is 0 Å². The molecule has 122 valence electrons. The summed E-state index contributed by atoms with van der Waals surface area (Å²) in [4.78, 5) is 15.6. The van der Waals surface area contributed by atoms with Gasteiger partial charge in [0.1, 0.15) is 0 Å². The number of hydrogen-bond acceptors (Lipinski definition) is 3. The van der Waals surface area contributed by atoms with Crippen molar-refractivity contribution in [3.8, 4) is 0 Å². The summed E-state index contributed by atoms with van der Waals surface area (Å²) in [6.45, 7) is 3.65. The van der Waals surface area contributed by atoms with E-state index in [9.17, 15) is 4.79 Å². The summed E-state index contributed by atoms with van der Waals surface area (Å²) in [5, 5.41) is 2.96. The predicted molar refractivity (Wildman–Crippen MR) is 99.4 cm³/mol. The predicted octanol–water partition coefficient (Wildman–Crippen LogP) is 3.94. The van der Waals surface area contributed by atoms with Gasteiger partial charge < -0.3 is 15.1 Å². The first kappa shape index (κ1) is 22.8. The molecule has 1 atom stereocenters. The molecule has 1 amide bonds. The Kier molecular flexibility index (Phi) is 10.3. The van der Waals surface area contributed by atoms with Gasteiger partial charge >= 0.3 is 0 Å². The van der Waals surface area contributed by atoms with E-state index in [2.05, 4.69) is 39.1 Å². The largest absolute Gasteiger partial charge is 0.376 e. The van der Waals surface area contributed by atoms with Gasteiger partial charge in [-0.2, -0.15) is 0 Å². The lowest BCUT2D eigenvalue weighted by molar-refractivity contribution is -0.114. The van der Waals surface area contributed by atoms with Crippen molar-refractivity contribution in [1.82, 2.24) is 4.90 Å². The summed E-state index contributed by atoms with van der Waals surface area (Å²) >= 11 is 3.54. The molecule has 0 spiro atoms. The lowest BCUT2D eigenvalue weighted by atomic mass is 10.0. The monoisotopic (exact) mass is 399 g/mol. The van der Waals surface area contributed by atoms with Crippen LogP contribution in [-0.4, -0.2) is 39.0 Å². The van der Waals surface area contributed by atoms with E-state index in [4.69, 9.17) is 0 Å². The average molecular weight is 401 g/mol. The molecule has 0 radical (unpaired) electrons. The lowest BCUT2D eigenvalue weighted by Crippen LogP contribution is -2.21. The van der Waals surface area contributed by atoms with E-state index in [0.717, 1.165) is 21.4 Å². The third kappa shape index (κ3) is 6.02. The van der Waals surface area contributed by atoms with Crippen LogP contribution < -0.4 is 10.2 Å². The van der Waals surface area contributed by atoms with Crippen LogP contribution in [0.3, 0.4) is 0 Å². The highest BCUT2D eigenvalue weighted by atomic mass is 79.9. The third-order valence-electron chi connectivity index (χ3n) is 3.12. The molecule has 1 N–H and O–H groups in total. The highest BCUT2D eigenvalue weighted by molar-refractivity contribution is 9.10. The highest BCUT2D eigenvalue weighted by Gasteiger charge is 2.18. The van der Waals surface area contributed by atoms with Crippen LogP contribution in [0.25, 0.3) is 0 Å². The van der Waals surface area contributed by atoms with Gasteiger partial charge in [0.15, 0.2) is 0 Å². The maximum atomic E-state index is 11.5. The average Bonchev–Trinajstić information content (AvgIpc) is 2.28. The standard InChI is InChI=1S/C14H22BrN3O.2ClH/c1-9(17(3)4)12-7-11(15)8-13(18(5)6)14(12)16-10(2)19;;/h7-9H,1-6H3,(H,16,19);2*1H. The fraction of sp³-hybridized carbons (Fsp3) is 0.500. The van der Waals surface area contributed by atoms with Crippen molar-refractivity contribution in [3.63, 3.8) is 0 Å². The smallest absolute Gasteiger partial charge is 0.221 e. The van der Waals surface area contributed by atoms with Gasteiger partial charge in [-0.3, -0.25) is 4.79 Å². The maximum Gasteiger partial charge on any atom is 0.221 e. The van der Waals surface area contributed by atoms with Crippen LogP contribution in [-0.2, 0) is 4.79 Å². The maximum absolute atomic E-state index is 11.5. The van der Waals surface area contributed by atoms with E-state index in [0.29, 0.717) is 0 Å². The molecule has 1 rings (SSSR count). The van der Waals surface area contributed by atoms with E-state index in [1.54, 1.807) is 0 Å². The van der Waals surface area contributed by atoms with Crippen molar-refractivity contribution in [2.75, 3.05) is 38.4 Å². The number of halogens is 3. The Labute approximate surface area is 148 Å². The van der Waals surface area contributed by atoms with Crippen LogP contribution in [0.1, 0.15) is 25.5 Å². The third-order valence-corrected chi connectivity index (χ3v) is 3.58. The van der Waals surface area contributed by atoms with E-state index < -0.39 is 0 Å². The molecule has 0 bridgehead atoms. The molecule has 0 saturated heterocycles. The van der Waals surface area contributed by atoms with Crippen molar-refractivity contribution in [2.45, 2.75) is 19.9 Å². The van der Waals surface area contributed by atoms with E-state index >= 15 is 0 Å². The first-order valence-electron chi connectivity index (χ1n) is 6.18. The van der Waals surface area contributed by atoms with Crippen LogP contribution in [0.15, 0.2) is 16.6 Å². The summed E-state index contributed by atoms with van der Waals surface area (Å²) in [6, 6.07) is 4.28. The summed E-state index contributed by atoms with van der Waals surface area (Å²) in [5.74, 6) is -0.0578. The van der Waals surface area contributed by atoms with Crippen LogP contribution in [0.4, 0.5) is 11.4 Å². The number of nitrogens with zero attached hydrogens (tertiary/aromatic N) is 2. The second-order valence-electron chi connectivity index (χ2n) is 5.10. The fourth-order valence-electron chi connectivity index (χ4n) is 1.89. The second kappa shape index (κ2) is 9.51. The molecular formula is C14H24BrCl2N3O. The minimum absolute atomic E-state index is 0. The van der Waals surface area contributed by atoms with Gasteiger partial charge in [-0.1, -0.05) is 15.9 Å². The Hall–Kier alpha value is -0.490. The molecule has 0 fully saturated rings. The Morgan fingerprint density at radius 1 is 1.19 bits per heavy atom. The number of carbonyl (C=O) groups excluding carboxylic acids is 1. The Balaban J connectivity index is 0. The van der Waals surface area contributed by atoms with Crippen molar-refractivity contribution in [1.29, 1.82) is 0 Å². The summed E-state index contributed by atoms with van der Waals surface area (Å²) in [5.41, 5.74) is 2.97. The van der Waals surface area contributed by atoms with Crippen molar-refractivity contribution < 1.29 is 4.79 Å². The van der Waals surface area contributed by atoms with Gasteiger partial charge in [0.05, 0.1) is 11.4 Å². The molecule has 7 heteroatoms. The SMILES string of the molecule is CC(=O)Nc1c(C(C)N(C)C)cc(Br)cc1N(C)C.Cl.Cl. The zero-order chi connectivity index (χ0) is 14.7. The van der Waals surface area contributed by atoms with E-state index in [-0.39, 0.29) is 36.8 Å². The normalized spacial score (nSPS) is 11.2. The second-order valence-corrected chi connectivity index (χ2v) is 6.02. The molecular weight excluding hydrogens is 377 g/mol. The van der Waals surface area contributed by atoms with Gasteiger partial charge in [-0.25, -0.2) is 0 Å². The summed E-state index contributed by atoms with van der Waals surface area (Å²) in [6.07, 6.45) is 0. The molecule has 1 unspecified atom stereocenters. The number of amides is 1. The number of carbonyl (C=O) groups is 1. The molecule has 1 aromatic carbocycles. The number of anilines is 2. The van der Waals surface area contributed by atoms with Crippen molar-refractivity contribution in [2.24, 2.45) is 0 Å². The molecule has 0 saturated carbocycles. The van der Waals surface area contributed by atoms with Gasteiger partial charge in [-0.05, 0) is 38.7 Å². The number of nitrogens with one attached hydrogen (secondary N) is 1. The van der Waals surface area contributed by atoms with Gasteiger partial charge in [-0.15, -0.1) is 24.8 Å². The Morgan fingerprint density at radius 2 is 1.71 bits per heavy atom. The Bertz CT molecular complexity index is 482. The van der Waals surface area contributed by atoms with Crippen LogP contribution in [0.2, 0.25) is 0 Å². The van der Waals surface area contributed by atoms with E-state index in [1.165, 1.54) is 6.92 Å². The first-order chi connectivity index (χ1) is 8.73. The Morgan fingerprint density at radius 3 is 2.10 bits per heavy atom. The number of hydrogen-bond donors (Lipinski definition) is 1. The van der Waals surface area contributed by atoms with Crippen LogP contribution in [0, 0.1) is 0 Å². The topological polar surface area (TPSA) is 35.6 Å². The minimum Gasteiger partial charge on any atom is -0.376 e. The summed E-state index contributed by atoms with van der Waals surface area (Å²) in [7, 11) is 7.99. The quantitative estimate of drug-likeness (QED) is 0.831. The molecule has 4 nitrogen and oxygen atoms in total. The van der Waals surface area contributed by atoms with Crippen LogP contribution >= 0.6 is 40.7 Å². The van der Waals surface area contributed by atoms with Crippen LogP contribution in [0.5, 0.6) is 0 Å². The van der Waals surface area contributed by atoms with Gasteiger partial charge in [0.2, 0.25) is 5.91 Å². The molecule has 0 aliphatic heterocycles. The zero-order valence-electron chi connectivity index (χ0n) is 13.2. The molecule has 1 aromatic rings. The highest BCUT2D eigenvalue weighted by Crippen LogP contribution is 2.37. The van der Waals surface area contributed by atoms with E-state index in [1.807, 2.05) is 39.2 Å².